The van der Waals surface area contributed by atoms with Crippen molar-refractivity contribution in [3.8, 4) is 0 Å². The molecule has 0 unspecified atom stereocenters. The van der Waals surface area contributed by atoms with E-state index in [1.54, 1.807) is 6.08 Å². The molecular weight excluding hydrogens is 394 g/mol. The van der Waals surface area contributed by atoms with Gasteiger partial charge in [0.2, 0.25) is 0 Å². The van der Waals surface area contributed by atoms with Crippen LogP contribution >= 0.6 is 15.9 Å². The third-order valence-corrected chi connectivity index (χ3v) is 4.82. The normalized spacial score (nSPS) is 15.5. The van der Waals surface area contributed by atoms with Crippen LogP contribution in [0.1, 0.15) is 16.7 Å². The average Bonchev–Trinajstić information content (AvgIpc) is 2.84. The molecule has 1 aliphatic heterocycles. The number of nitrogens with one attached hydrogen (secondary N) is 1. The molecule has 0 aromatic heterocycles. The van der Waals surface area contributed by atoms with Gasteiger partial charge in [-0.25, -0.2) is 4.79 Å². The molecule has 2 aromatic rings. The van der Waals surface area contributed by atoms with Crippen molar-refractivity contribution in [1.82, 2.24) is 10.2 Å². The van der Waals surface area contributed by atoms with Gasteiger partial charge in [-0.05, 0) is 52.2 Å². The van der Waals surface area contributed by atoms with E-state index in [2.05, 4.69) is 21.2 Å². The first-order chi connectivity index (χ1) is 12.3. The number of rotatable bonds is 4. The molecule has 0 aliphatic carbocycles. The summed E-state index contributed by atoms with van der Waals surface area (Å²) in [5, 5.41) is 2.66. The maximum Gasteiger partial charge on any atom is 0.329 e. The van der Waals surface area contributed by atoms with Crippen molar-refractivity contribution in [2.24, 2.45) is 0 Å². The van der Waals surface area contributed by atoms with Gasteiger partial charge in [-0.15, -0.1) is 0 Å². The van der Waals surface area contributed by atoms with Gasteiger partial charge in [-0.2, -0.15) is 0 Å². The number of anilines is 1. The highest BCUT2D eigenvalue weighted by atomic mass is 79.9. The number of carbonyl (C=O) groups is 2. The van der Waals surface area contributed by atoms with Crippen molar-refractivity contribution >= 4 is 39.6 Å². The zero-order valence-electron chi connectivity index (χ0n) is 14.9. The van der Waals surface area contributed by atoms with Gasteiger partial charge < -0.3 is 10.2 Å². The molecule has 26 heavy (non-hydrogen) atoms. The SMILES string of the molecule is Cc1ccc(CN2C(=O)N/C(=C/c3ccc(N(C)C)c(Br)c3)C2=O)cc1. The predicted octanol–water partition coefficient (Wildman–Crippen LogP) is 3.92. The van der Waals surface area contributed by atoms with Crippen LogP contribution in [-0.4, -0.2) is 30.9 Å². The Kier molecular flexibility index (Phi) is 5.13. The van der Waals surface area contributed by atoms with E-state index in [0.717, 1.165) is 26.9 Å². The molecule has 134 valence electrons. The van der Waals surface area contributed by atoms with E-state index >= 15 is 0 Å². The van der Waals surface area contributed by atoms with Crippen LogP contribution < -0.4 is 10.2 Å². The lowest BCUT2D eigenvalue weighted by atomic mass is 10.1. The van der Waals surface area contributed by atoms with Gasteiger partial charge in [-0.3, -0.25) is 9.69 Å². The Balaban J connectivity index is 1.80. The third-order valence-electron chi connectivity index (χ3n) is 4.19. The van der Waals surface area contributed by atoms with Crippen molar-refractivity contribution in [2.45, 2.75) is 13.5 Å². The largest absolute Gasteiger partial charge is 0.377 e. The topological polar surface area (TPSA) is 52.7 Å². The minimum atomic E-state index is -0.397. The summed E-state index contributed by atoms with van der Waals surface area (Å²) in [6.45, 7) is 2.25. The zero-order valence-corrected chi connectivity index (χ0v) is 16.5. The van der Waals surface area contributed by atoms with Crippen molar-refractivity contribution in [1.29, 1.82) is 0 Å². The highest BCUT2D eigenvalue weighted by molar-refractivity contribution is 9.10. The standard InChI is InChI=1S/C20H20BrN3O2/c1-13-4-6-14(7-5-13)12-24-19(25)17(22-20(24)26)11-15-8-9-18(23(2)3)16(21)10-15/h4-11H,12H2,1-3H3,(H,22,26)/b17-11+. The molecule has 5 nitrogen and oxygen atoms in total. The number of halogens is 1. The number of urea groups is 1. The lowest BCUT2D eigenvalue weighted by Gasteiger charge is -2.14. The van der Waals surface area contributed by atoms with Crippen molar-refractivity contribution in [3.63, 3.8) is 0 Å². The Bertz CT molecular complexity index is 888. The molecule has 0 spiro atoms. The van der Waals surface area contributed by atoms with Gasteiger partial charge in [0.25, 0.3) is 5.91 Å². The monoisotopic (exact) mass is 413 g/mol. The second-order valence-corrected chi connectivity index (χ2v) is 7.32. The fourth-order valence-electron chi connectivity index (χ4n) is 2.73. The first-order valence-electron chi connectivity index (χ1n) is 8.22. The molecule has 1 heterocycles. The fraction of sp³-hybridized carbons (Fsp3) is 0.200. The Hall–Kier alpha value is -2.60. The second-order valence-electron chi connectivity index (χ2n) is 6.47. The van der Waals surface area contributed by atoms with Crippen LogP contribution in [0.3, 0.4) is 0 Å². The average molecular weight is 414 g/mol. The van der Waals surface area contributed by atoms with Crippen LogP contribution in [-0.2, 0) is 11.3 Å². The highest BCUT2D eigenvalue weighted by Crippen LogP contribution is 2.27. The van der Waals surface area contributed by atoms with Gasteiger partial charge in [0.05, 0.1) is 12.2 Å². The van der Waals surface area contributed by atoms with Crippen molar-refractivity contribution < 1.29 is 9.59 Å². The van der Waals surface area contributed by atoms with Crippen LogP contribution in [0.2, 0.25) is 0 Å². The maximum atomic E-state index is 12.6. The van der Waals surface area contributed by atoms with E-state index in [1.165, 1.54) is 4.90 Å². The van der Waals surface area contributed by atoms with Crippen LogP contribution in [0.25, 0.3) is 6.08 Å². The molecule has 0 saturated carbocycles. The Morgan fingerprint density at radius 2 is 1.81 bits per heavy atom. The van der Waals surface area contributed by atoms with E-state index in [4.69, 9.17) is 0 Å². The van der Waals surface area contributed by atoms with Crippen molar-refractivity contribution in [3.05, 3.63) is 69.3 Å². The summed E-state index contributed by atoms with van der Waals surface area (Å²) < 4.78 is 0.921. The predicted molar refractivity (Wildman–Crippen MR) is 107 cm³/mol. The van der Waals surface area contributed by atoms with Gasteiger partial charge in [0.1, 0.15) is 5.70 Å². The van der Waals surface area contributed by atoms with Crippen molar-refractivity contribution in [2.75, 3.05) is 19.0 Å². The number of aryl methyl sites for hydroxylation is 1. The highest BCUT2D eigenvalue weighted by Gasteiger charge is 2.33. The lowest BCUT2D eigenvalue weighted by molar-refractivity contribution is -0.123. The summed E-state index contributed by atoms with van der Waals surface area (Å²) >= 11 is 3.53. The van der Waals surface area contributed by atoms with E-state index in [-0.39, 0.29) is 18.1 Å². The maximum absolute atomic E-state index is 12.6. The summed E-state index contributed by atoms with van der Waals surface area (Å²) in [7, 11) is 3.92. The first-order valence-corrected chi connectivity index (χ1v) is 9.01. The van der Waals surface area contributed by atoms with Gasteiger partial charge in [0, 0.05) is 18.6 Å². The van der Waals surface area contributed by atoms with Crippen LogP contribution in [0, 0.1) is 6.92 Å². The number of hydrogen-bond donors (Lipinski definition) is 1. The van der Waals surface area contributed by atoms with E-state index in [9.17, 15) is 9.59 Å². The summed E-state index contributed by atoms with van der Waals surface area (Å²) in [6, 6.07) is 13.2. The van der Waals surface area contributed by atoms with Gasteiger partial charge >= 0.3 is 6.03 Å². The van der Waals surface area contributed by atoms with E-state index in [0.29, 0.717) is 0 Å². The summed E-state index contributed by atoms with van der Waals surface area (Å²) in [6.07, 6.45) is 1.69. The summed E-state index contributed by atoms with van der Waals surface area (Å²) in [5.41, 5.74) is 4.21. The summed E-state index contributed by atoms with van der Waals surface area (Å²) in [4.78, 5) is 28.0. The number of imide groups is 1. The number of amides is 3. The number of nitrogens with zero attached hydrogens (tertiary/aromatic N) is 2. The molecule has 0 radical (unpaired) electrons. The van der Waals surface area contributed by atoms with Gasteiger partial charge in [0.15, 0.2) is 0 Å². The minimum absolute atomic E-state index is 0.256. The molecule has 2 aromatic carbocycles. The second kappa shape index (κ2) is 7.33. The number of hydrogen-bond acceptors (Lipinski definition) is 3. The molecular formula is C20H20BrN3O2. The van der Waals surface area contributed by atoms with Crippen LogP contribution in [0.4, 0.5) is 10.5 Å². The van der Waals surface area contributed by atoms with Crippen LogP contribution in [0.5, 0.6) is 0 Å². The molecule has 0 atom stereocenters. The van der Waals surface area contributed by atoms with E-state index in [1.807, 2.05) is 68.4 Å². The molecule has 3 rings (SSSR count). The Morgan fingerprint density at radius 1 is 1.12 bits per heavy atom. The molecule has 0 bridgehead atoms. The summed E-state index contributed by atoms with van der Waals surface area (Å²) in [5.74, 6) is -0.316. The first kappa shape index (κ1) is 18.2. The molecule has 6 heteroatoms. The Morgan fingerprint density at radius 3 is 2.42 bits per heavy atom. The van der Waals surface area contributed by atoms with Gasteiger partial charge in [-0.1, -0.05) is 35.9 Å². The number of benzene rings is 2. The quantitative estimate of drug-likeness (QED) is 0.610. The number of carbonyl (C=O) groups excluding carboxylic acids is 2. The molecule has 1 fully saturated rings. The molecule has 3 amide bonds. The fourth-order valence-corrected chi connectivity index (χ4v) is 3.48. The third kappa shape index (κ3) is 3.80. The molecule has 1 N–H and O–H groups in total. The molecule has 1 aliphatic rings. The smallest absolute Gasteiger partial charge is 0.329 e. The zero-order chi connectivity index (χ0) is 18.8. The van der Waals surface area contributed by atoms with E-state index < -0.39 is 6.03 Å². The molecule has 1 saturated heterocycles. The Labute approximate surface area is 161 Å². The lowest BCUT2D eigenvalue weighted by Crippen LogP contribution is -2.30. The minimum Gasteiger partial charge on any atom is -0.377 e. The van der Waals surface area contributed by atoms with Crippen LogP contribution in [0.15, 0.2) is 52.6 Å².